The van der Waals surface area contributed by atoms with Crippen LogP contribution in [0.5, 0.6) is 5.75 Å². The Morgan fingerprint density at radius 1 is 0.947 bits per heavy atom. The minimum Gasteiger partial charge on any atom is -0.449 e. The van der Waals surface area contributed by atoms with Crippen molar-refractivity contribution in [2.24, 2.45) is 5.10 Å². The van der Waals surface area contributed by atoms with Gasteiger partial charge in [-0.05, 0) is 54.4 Å². The van der Waals surface area contributed by atoms with Crippen molar-refractivity contribution in [3.8, 4) is 5.75 Å². The Bertz CT molecular complexity index is 1430. The fraction of sp³-hybridized carbons (Fsp3) is 0.167. The summed E-state index contributed by atoms with van der Waals surface area (Å²) in [6, 6.07) is 16.0. The lowest BCUT2D eigenvalue weighted by Gasteiger charge is -2.22. The van der Waals surface area contributed by atoms with Crippen LogP contribution in [-0.2, 0) is 14.9 Å². The summed E-state index contributed by atoms with van der Waals surface area (Å²) in [5.41, 5.74) is -1.70. The molecule has 38 heavy (non-hydrogen) atoms. The summed E-state index contributed by atoms with van der Waals surface area (Å²) in [5.74, 6) is -1.35. The van der Waals surface area contributed by atoms with Crippen LogP contribution in [0.4, 0.5) is 18.0 Å². The van der Waals surface area contributed by atoms with E-state index < -0.39 is 33.4 Å². The average Bonchev–Trinajstić information content (AvgIpc) is 2.83. The molecule has 3 rings (SSSR count). The van der Waals surface area contributed by atoms with Crippen molar-refractivity contribution in [1.29, 1.82) is 0 Å². The zero-order valence-electron chi connectivity index (χ0n) is 19.3. The Morgan fingerprint density at radius 2 is 1.50 bits per heavy atom. The number of amides is 1. The van der Waals surface area contributed by atoms with Crippen molar-refractivity contribution < 1.29 is 35.3 Å². The van der Waals surface area contributed by atoms with Gasteiger partial charge in [0.05, 0.1) is 23.3 Å². The SMILES string of the molecule is CCOC(=O)NN=C(c1ccc(Cl)cc1Cl)C(c1ccc(Cl)cc1)c1ccc(OS(=O)(=O)C(F)(F)F)cc1. The van der Waals surface area contributed by atoms with Crippen molar-refractivity contribution in [1.82, 2.24) is 5.43 Å². The van der Waals surface area contributed by atoms with Crippen LogP contribution in [0.3, 0.4) is 0 Å². The molecule has 1 unspecified atom stereocenters. The third kappa shape index (κ3) is 7.31. The van der Waals surface area contributed by atoms with Gasteiger partial charge in [0.2, 0.25) is 0 Å². The van der Waals surface area contributed by atoms with Crippen molar-refractivity contribution >= 4 is 56.7 Å². The van der Waals surface area contributed by atoms with E-state index in [9.17, 15) is 26.4 Å². The molecular weight excluding hydrogens is 592 g/mol. The molecule has 202 valence electrons. The summed E-state index contributed by atoms with van der Waals surface area (Å²) in [6.07, 6.45) is -0.842. The number of rotatable bonds is 8. The third-order valence-corrected chi connectivity index (χ3v) is 6.71. The van der Waals surface area contributed by atoms with Gasteiger partial charge in [-0.3, -0.25) is 0 Å². The second-order valence-electron chi connectivity index (χ2n) is 7.49. The first-order valence-corrected chi connectivity index (χ1v) is 13.2. The highest BCUT2D eigenvalue weighted by Crippen LogP contribution is 2.35. The molecule has 14 heteroatoms. The summed E-state index contributed by atoms with van der Waals surface area (Å²) in [7, 11) is -5.86. The van der Waals surface area contributed by atoms with E-state index in [1.807, 2.05) is 0 Å². The minimum atomic E-state index is -5.86. The zero-order valence-corrected chi connectivity index (χ0v) is 22.4. The van der Waals surface area contributed by atoms with Crippen LogP contribution in [0.25, 0.3) is 0 Å². The van der Waals surface area contributed by atoms with E-state index in [-0.39, 0.29) is 17.3 Å². The van der Waals surface area contributed by atoms with Crippen LogP contribution in [0.15, 0.2) is 71.8 Å². The number of hydrazone groups is 1. The lowest BCUT2D eigenvalue weighted by atomic mass is 9.84. The van der Waals surface area contributed by atoms with Gasteiger partial charge in [0.25, 0.3) is 0 Å². The first kappa shape index (κ1) is 29.6. The van der Waals surface area contributed by atoms with Crippen LogP contribution in [0.2, 0.25) is 15.1 Å². The first-order valence-electron chi connectivity index (χ1n) is 10.6. The number of benzene rings is 3. The monoisotopic (exact) mass is 608 g/mol. The molecule has 1 atom stereocenters. The standard InChI is InChI=1S/C24H18Cl3F3N2O5S/c1-2-36-23(33)32-31-22(19-12-9-17(26)13-20(19)27)21(14-3-7-16(25)8-4-14)15-5-10-18(11-6-15)37-38(34,35)24(28,29)30/h3-13,21H,2H2,1H3,(H,32,33). The normalized spacial score (nSPS) is 13.1. The molecular formula is C24H18Cl3F3N2O5S. The summed E-state index contributed by atoms with van der Waals surface area (Å²) in [5, 5.41) is 5.21. The van der Waals surface area contributed by atoms with E-state index in [4.69, 9.17) is 39.5 Å². The van der Waals surface area contributed by atoms with Gasteiger partial charge >= 0.3 is 21.7 Å². The highest BCUT2D eigenvalue weighted by molar-refractivity contribution is 7.88. The maximum atomic E-state index is 12.7. The minimum absolute atomic E-state index is 0.0846. The van der Waals surface area contributed by atoms with Gasteiger partial charge in [-0.15, -0.1) is 0 Å². The van der Waals surface area contributed by atoms with Crippen LogP contribution in [0, 0.1) is 0 Å². The Morgan fingerprint density at radius 3 is 2.03 bits per heavy atom. The zero-order chi connectivity index (χ0) is 28.1. The molecule has 0 fully saturated rings. The fourth-order valence-corrected chi connectivity index (χ4v) is 4.39. The molecule has 0 aliphatic heterocycles. The molecule has 1 amide bonds. The third-order valence-electron chi connectivity index (χ3n) is 4.93. The van der Waals surface area contributed by atoms with E-state index in [1.165, 1.54) is 18.2 Å². The maximum absolute atomic E-state index is 12.7. The van der Waals surface area contributed by atoms with Crippen molar-refractivity contribution in [3.05, 3.63) is 98.5 Å². The molecule has 0 spiro atoms. The largest absolute Gasteiger partial charge is 0.534 e. The van der Waals surface area contributed by atoms with Crippen molar-refractivity contribution in [3.63, 3.8) is 0 Å². The number of nitrogens with zero attached hydrogens (tertiary/aromatic N) is 1. The number of halogens is 6. The number of alkyl halides is 3. The van der Waals surface area contributed by atoms with Gasteiger partial charge in [-0.2, -0.15) is 26.7 Å². The number of hydrogen-bond acceptors (Lipinski definition) is 6. The van der Waals surface area contributed by atoms with Crippen LogP contribution < -0.4 is 9.61 Å². The predicted octanol–water partition coefficient (Wildman–Crippen LogP) is 7.16. The molecule has 0 aliphatic carbocycles. The molecule has 0 radical (unpaired) electrons. The molecule has 0 heterocycles. The smallest absolute Gasteiger partial charge is 0.449 e. The molecule has 7 nitrogen and oxygen atoms in total. The van der Waals surface area contributed by atoms with E-state index in [0.717, 1.165) is 12.1 Å². The van der Waals surface area contributed by atoms with E-state index in [2.05, 4.69) is 14.7 Å². The molecule has 1 N–H and O–H groups in total. The molecule has 0 saturated carbocycles. The Hall–Kier alpha value is -2.99. The number of carbonyl (C=O) groups is 1. The molecule has 0 saturated heterocycles. The molecule has 3 aromatic rings. The quantitative estimate of drug-likeness (QED) is 0.127. The Balaban J connectivity index is 2.16. The Labute approximate surface area is 231 Å². The topological polar surface area (TPSA) is 94.1 Å². The lowest BCUT2D eigenvalue weighted by Crippen LogP contribution is -2.28. The predicted molar refractivity (Wildman–Crippen MR) is 138 cm³/mol. The molecule has 0 bridgehead atoms. The number of ether oxygens (including phenoxy) is 1. The highest BCUT2D eigenvalue weighted by atomic mass is 35.5. The van der Waals surface area contributed by atoms with E-state index in [1.54, 1.807) is 43.3 Å². The van der Waals surface area contributed by atoms with Crippen molar-refractivity contribution in [2.45, 2.75) is 18.3 Å². The maximum Gasteiger partial charge on any atom is 0.534 e. The van der Waals surface area contributed by atoms with E-state index >= 15 is 0 Å². The second kappa shape index (κ2) is 12.2. The van der Waals surface area contributed by atoms with Crippen LogP contribution in [-0.4, -0.2) is 32.3 Å². The average molecular weight is 610 g/mol. The van der Waals surface area contributed by atoms with Crippen molar-refractivity contribution in [2.75, 3.05) is 6.61 Å². The summed E-state index contributed by atoms with van der Waals surface area (Å²) in [4.78, 5) is 12.0. The molecule has 0 aromatic heterocycles. The van der Waals surface area contributed by atoms with Crippen LogP contribution >= 0.6 is 34.8 Å². The number of hydrogen-bond donors (Lipinski definition) is 1. The van der Waals surface area contributed by atoms with Gasteiger partial charge in [0, 0.05) is 15.6 Å². The molecule has 3 aromatic carbocycles. The lowest BCUT2D eigenvalue weighted by molar-refractivity contribution is -0.0500. The van der Waals surface area contributed by atoms with Crippen LogP contribution in [0.1, 0.15) is 29.5 Å². The Kier molecular flexibility index (Phi) is 9.53. The fourth-order valence-electron chi connectivity index (χ4n) is 3.30. The van der Waals surface area contributed by atoms with Gasteiger partial charge in [-0.1, -0.05) is 65.1 Å². The first-order chi connectivity index (χ1) is 17.8. The van der Waals surface area contributed by atoms with E-state index in [0.29, 0.717) is 26.7 Å². The summed E-state index contributed by atoms with van der Waals surface area (Å²) in [6.45, 7) is 1.70. The highest BCUT2D eigenvalue weighted by Gasteiger charge is 2.48. The van der Waals surface area contributed by atoms with Gasteiger partial charge in [-0.25, -0.2) is 10.2 Å². The number of carbonyl (C=O) groups excluding carboxylic acids is 1. The molecule has 0 aliphatic rings. The van der Waals surface area contributed by atoms with Gasteiger partial charge in [0.1, 0.15) is 5.75 Å². The second-order valence-corrected chi connectivity index (χ2v) is 10.3. The van der Waals surface area contributed by atoms with Gasteiger partial charge < -0.3 is 8.92 Å². The summed E-state index contributed by atoms with van der Waals surface area (Å²) >= 11 is 18.6. The number of nitrogens with one attached hydrogen (secondary N) is 1. The van der Waals surface area contributed by atoms with Gasteiger partial charge in [0.15, 0.2) is 0 Å². The summed E-state index contributed by atoms with van der Waals surface area (Å²) < 4.78 is 70.1.